The Hall–Kier alpha value is -3.57. The van der Waals surface area contributed by atoms with Crippen molar-refractivity contribution in [2.45, 2.75) is 43.9 Å². The van der Waals surface area contributed by atoms with Gasteiger partial charge < -0.3 is 20.0 Å². The highest BCUT2D eigenvalue weighted by Crippen LogP contribution is 2.33. The molecule has 2 N–H and O–H groups in total. The topological polar surface area (TPSA) is 134 Å². The summed E-state index contributed by atoms with van der Waals surface area (Å²) < 4.78 is 2.95. The number of rotatable bonds is 5. The van der Waals surface area contributed by atoms with Gasteiger partial charge >= 0.3 is 0 Å². The number of benzene rings is 1. The van der Waals surface area contributed by atoms with E-state index in [1.54, 1.807) is 33.8 Å². The quantitative estimate of drug-likeness (QED) is 0.518. The lowest BCUT2D eigenvalue weighted by atomic mass is 9.91. The molecule has 0 unspecified atom stereocenters. The Morgan fingerprint density at radius 1 is 1.06 bits per heavy atom. The molecule has 3 aromatic rings. The van der Waals surface area contributed by atoms with E-state index in [0.29, 0.717) is 61.3 Å². The minimum absolute atomic E-state index is 0.105. The first-order chi connectivity index (χ1) is 17.3. The molecule has 188 valence electrons. The SMILES string of the molecule is O=C(c1ccc(-n2ncc3c(=O)n(CC4(O)CCN(C(=O)C5CC5)CC4)cnc32)cc1)N1CC(O)C1. The van der Waals surface area contributed by atoms with Crippen LogP contribution in [-0.2, 0) is 11.3 Å². The van der Waals surface area contributed by atoms with Crippen molar-refractivity contribution < 1.29 is 19.8 Å². The molecular weight excluding hydrogens is 464 g/mol. The number of piperidine rings is 1. The standard InChI is InChI=1S/C25H28N6O5/c32-19-12-29(13-19)23(34)17-3-5-18(6-4-17)31-21-20(11-27-31)24(35)30(15-26-21)14-25(36)7-9-28(10-8-25)22(33)16-1-2-16/h3-6,11,15-16,19,32,36H,1-2,7-10,12-14H2. The van der Waals surface area contributed by atoms with Gasteiger partial charge in [-0.3, -0.25) is 19.0 Å². The maximum absolute atomic E-state index is 13.2. The fraction of sp³-hybridized carbons (Fsp3) is 0.480. The predicted octanol–water partition coefficient (Wildman–Crippen LogP) is 0.162. The van der Waals surface area contributed by atoms with Gasteiger partial charge in [0.15, 0.2) is 5.65 Å². The highest BCUT2D eigenvalue weighted by molar-refractivity contribution is 5.95. The number of likely N-dealkylation sites (tertiary alicyclic amines) is 2. The molecule has 1 saturated carbocycles. The number of aliphatic hydroxyl groups is 2. The third-order valence-electron chi connectivity index (χ3n) is 7.46. The zero-order valence-electron chi connectivity index (χ0n) is 19.8. The molecule has 4 heterocycles. The summed E-state index contributed by atoms with van der Waals surface area (Å²) >= 11 is 0. The Kier molecular flexibility index (Phi) is 5.41. The summed E-state index contributed by atoms with van der Waals surface area (Å²) in [7, 11) is 0. The lowest BCUT2D eigenvalue weighted by molar-refractivity contribution is -0.137. The number of fused-ring (bicyclic) bond motifs is 1. The maximum atomic E-state index is 13.2. The third-order valence-corrected chi connectivity index (χ3v) is 7.46. The van der Waals surface area contributed by atoms with Crippen molar-refractivity contribution in [1.82, 2.24) is 29.1 Å². The molecule has 3 fully saturated rings. The Morgan fingerprint density at radius 2 is 1.75 bits per heavy atom. The molecule has 2 amide bonds. The summed E-state index contributed by atoms with van der Waals surface area (Å²) in [6.07, 6.45) is 5.18. The molecule has 0 spiro atoms. The van der Waals surface area contributed by atoms with Gasteiger partial charge in [0, 0.05) is 37.7 Å². The van der Waals surface area contributed by atoms with Gasteiger partial charge in [-0.25, -0.2) is 9.67 Å². The van der Waals surface area contributed by atoms with Crippen LogP contribution in [0.5, 0.6) is 0 Å². The fourth-order valence-electron chi connectivity index (χ4n) is 5.01. The van der Waals surface area contributed by atoms with Crippen LogP contribution in [0.4, 0.5) is 0 Å². The highest BCUT2D eigenvalue weighted by atomic mass is 16.3. The van der Waals surface area contributed by atoms with Crippen LogP contribution in [0.15, 0.2) is 41.6 Å². The van der Waals surface area contributed by atoms with Crippen molar-refractivity contribution in [3.63, 3.8) is 0 Å². The molecule has 6 rings (SSSR count). The number of hydrogen-bond donors (Lipinski definition) is 2. The number of carbonyl (C=O) groups excluding carboxylic acids is 2. The second-order valence-electron chi connectivity index (χ2n) is 10.2. The number of aliphatic hydroxyl groups excluding tert-OH is 1. The zero-order chi connectivity index (χ0) is 25.0. The van der Waals surface area contributed by atoms with Gasteiger partial charge in [-0.1, -0.05) is 0 Å². The van der Waals surface area contributed by atoms with E-state index < -0.39 is 11.7 Å². The van der Waals surface area contributed by atoms with Crippen LogP contribution in [-0.4, -0.2) is 89.0 Å². The van der Waals surface area contributed by atoms with Crippen LogP contribution in [0.3, 0.4) is 0 Å². The number of carbonyl (C=O) groups is 2. The molecular formula is C25H28N6O5. The summed E-state index contributed by atoms with van der Waals surface area (Å²) in [6, 6.07) is 6.85. The van der Waals surface area contributed by atoms with Crippen molar-refractivity contribution in [1.29, 1.82) is 0 Å². The first kappa shape index (κ1) is 22.9. The molecule has 2 saturated heterocycles. The Balaban J connectivity index is 1.18. The van der Waals surface area contributed by atoms with E-state index in [2.05, 4.69) is 10.1 Å². The van der Waals surface area contributed by atoms with E-state index in [1.165, 1.54) is 17.1 Å². The van der Waals surface area contributed by atoms with Crippen molar-refractivity contribution in [2.75, 3.05) is 26.2 Å². The van der Waals surface area contributed by atoms with Gasteiger partial charge in [0.05, 0.1) is 30.1 Å². The van der Waals surface area contributed by atoms with Gasteiger partial charge in [-0.2, -0.15) is 5.10 Å². The van der Waals surface area contributed by atoms with Gasteiger partial charge in [-0.05, 0) is 49.9 Å². The summed E-state index contributed by atoms with van der Waals surface area (Å²) in [5, 5.41) is 25.2. The van der Waals surface area contributed by atoms with Crippen molar-refractivity contribution >= 4 is 22.8 Å². The number of hydrogen-bond acceptors (Lipinski definition) is 7. The number of aromatic nitrogens is 4. The molecule has 0 bridgehead atoms. The number of nitrogens with zero attached hydrogens (tertiary/aromatic N) is 6. The second-order valence-corrected chi connectivity index (χ2v) is 10.2. The van der Waals surface area contributed by atoms with E-state index in [1.807, 2.05) is 4.90 Å². The van der Waals surface area contributed by atoms with Crippen LogP contribution in [0.25, 0.3) is 16.7 Å². The van der Waals surface area contributed by atoms with Crippen LogP contribution in [0.2, 0.25) is 0 Å². The predicted molar refractivity (Wildman–Crippen MR) is 129 cm³/mol. The van der Waals surface area contributed by atoms with Gasteiger partial charge in [-0.15, -0.1) is 0 Å². The molecule has 3 aliphatic rings. The zero-order valence-corrected chi connectivity index (χ0v) is 19.8. The van der Waals surface area contributed by atoms with Crippen LogP contribution >= 0.6 is 0 Å². The van der Waals surface area contributed by atoms with E-state index in [4.69, 9.17) is 0 Å². The van der Waals surface area contributed by atoms with Gasteiger partial charge in [0.25, 0.3) is 11.5 Å². The molecule has 0 radical (unpaired) electrons. The molecule has 0 atom stereocenters. The van der Waals surface area contributed by atoms with Crippen LogP contribution in [0, 0.1) is 5.92 Å². The molecule has 1 aromatic carbocycles. The van der Waals surface area contributed by atoms with E-state index in [-0.39, 0.29) is 29.8 Å². The van der Waals surface area contributed by atoms with E-state index >= 15 is 0 Å². The second kappa shape index (κ2) is 8.52. The summed E-state index contributed by atoms with van der Waals surface area (Å²) in [6.45, 7) is 1.77. The summed E-state index contributed by atoms with van der Waals surface area (Å²) in [5.41, 5.74) is 0.179. The molecule has 11 heteroatoms. The number of β-amino-alcohol motifs (C(OH)–C–C–N with tert-alkyl or cyclic N) is 1. The lowest BCUT2D eigenvalue weighted by Crippen LogP contribution is -2.53. The van der Waals surface area contributed by atoms with E-state index in [9.17, 15) is 24.6 Å². The maximum Gasteiger partial charge on any atom is 0.264 e. The first-order valence-electron chi connectivity index (χ1n) is 12.3. The van der Waals surface area contributed by atoms with Crippen molar-refractivity contribution in [3.8, 4) is 5.69 Å². The smallest absolute Gasteiger partial charge is 0.264 e. The summed E-state index contributed by atoms with van der Waals surface area (Å²) in [5.74, 6) is 0.202. The first-order valence-corrected chi connectivity index (χ1v) is 12.3. The van der Waals surface area contributed by atoms with Crippen LogP contribution in [0.1, 0.15) is 36.0 Å². The molecule has 1 aliphatic carbocycles. The Labute approximate surface area is 206 Å². The largest absolute Gasteiger partial charge is 0.389 e. The monoisotopic (exact) mass is 492 g/mol. The van der Waals surface area contributed by atoms with Gasteiger partial charge in [0.1, 0.15) is 11.7 Å². The van der Waals surface area contributed by atoms with E-state index in [0.717, 1.165) is 12.8 Å². The molecule has 11 nitrogen and oxygen atoms in total. The molecule has 36 heavy (non-hydrogen) atoms. The normalized spacial score (nSPS) is 19.9. The van der Waals surface area contributed by atoms with Crippen LogP contribution < -0.4 is 5.56 Å². The summed E-state index contributed by atoms with van der Waals surface area (Å²) in [4.78, 5) is 45.8. The van der Waals surface area contributed by atoms with Crippen molar-refractivity contribution in [2.24, 2.45) is 5.92 Å². The van der Waals surface area contributed by atoms with Gasteiger partial charge in [0.2, 0.25) is 5.91 Å². The third kappa shape index (κ3) is 4.07. The van der Waals surface area contributed by atoms with Crippen molar-refractivity contribution in [3.05, 3.63) is 52.7 Å². The minimum Gasteiger partial charge on any atom is -0.389 e. The molecule has 2 aromatic heterocycles. The average Bonchev–Trinajstić information content (AvgIpc) is 3.62. The molecule has 2 aliphatic heterocycles. The highest BCUT2D eigenvalue weighted by Gasteiger charge is 2.39. The minimum atomic E-state index is -1.08. The fourth-order valence-corrected chi connectivity index (χ4v) is 5.01. The number of amides is 2. The average molecular weight is 493 g/mol. The lowest BCUT2D eigenvalue weighted by Gasteiger charge is -2.38. The Morgan fingerprint density at radius 3 is 2.39 bits per heavy atom. The Bertz CT molecular complexity index is 1380.